The molecule has 0 radical (unpaired) electrons. The van der Waals surface area contributed by atoms with Crippen LogP contribution in [0.25, 0.3) is 0 Å². The maximum atomic E-state index is 10.5. The Kier molecular flexibility index (Phi) is 3.78. The van der Waals surface area contributed by atoms with Gasteiger partial charge in [-0.15, -0.1) is 0 Å². The van der Waals surface area contributed by atoms with Gasteiger partial charge in [-0.2, -0.15) is 0 Å². The molecule has 4 heteroatoms. The highest BCUT2D eigenvalue weighted by Crippen LogP contribution is 2.32. The number of hydrogen-bond acceptors (Lipinski definition) is 1. The second-order valence-electron chi connectivity index (χ2n) is 3.14. The van der Waals surface area contributed by atoms with Crippen LogP contribution < -0.4 is 0 Å². The lowest BCUT2D eigenvalue weighted by Crippen LogP contribution is -2.03. The zero-order chi connectivity index (χ0) is 10.7. The van der Waals surface area contributed by atoms with Gasteiger partial charge < -0.3 is 5.11 Å². The summed E-state index contributed by atoms with van der Waals surface area (Å²) in [6.07, 6.45) is 0.0556. The molecule has 0 aliphatic heterocycles. The second kappa shape index (κ2) is 4.67. The summed E-state index contributed by atoms with van der Waals surface area (Å²) in [5.74, 6) is -0.966. The summed E-state index contributed by atoms with van der Waals surface area (Å²) in [4.78, 5) is 10.5. The number of rotatable bonds is 3. The Morgan fingerprint density at radius 3 is 2.71 bits per heavy atom. The van der Waals surface area contributed by atoms with Gasteiger partial charge in [-0.1, -0.05) is 42.3 Å². The van der Waals surface area contributed by atoms with Gasteiger partial charge in [0, 0.05) is 0 Å². The van der Waals surface area contributed by atoms with E-state index < -0.39 is 5.97 Å². The predicted molar refractivity (Wildman–Crippen MR) is 57.1 cm³/mol. The third kappa shape index (κ3) is 2.63. The fourth-order valence-electron chi connectivity index (χ4n) is 1.27. The molecular weight excluding hydrogens is 223 g/mol. The fourth-order valence-corrected chi connectivity index (χ4v) is 1.77. The number of benzene rings is 1. The van der Waals surface area contributed by atoms with Crippen molar-refractivity contribution in [2.24, 2.45) is 0 Å². The Hall–Kier alpha value is -0.730. The first-order valence-electron chi connectivity index (χ1n) is 4.18. The van der Waals surface area contributed by atoms with Crippen LogP contribution in [0, 0.1) is 0 Å². The van der Waals surface area contributed by atoms with Crippen LogP contribution in [0.2, 0.25) is 10.0 Å². The second-order valence-corrected chi connectivity index (χ2v) is 3.93. The molecule has 0 bridgehead atoms. The Balaban J connectivity index is 2.95. The van der Waals surface area contributed by atoms with Crippen LogP contribution in [0.1, 0.15) is 24.8 Å². The molecule has 0 aliphatic carbocycles. The number of carbonyl (C=O) groups is 1. The number of halogens is 2. The van der Waals surface area contributed by atoms with Crippen molar-refractivity contribution in [3.63, 3.8) is 0 Å². The molecule has 0 spiro atoms. The van der Waals surface area contributed by atoms with E-state index in [4.69, 9.17) is 28.3 Å². The molecule has 76 valence electrons. The van der Waals surface area contributed by atoms with Gasteiger partial charge in [0.2, 0.25) is 0 Å². The molecule has 1 aromatic carbocycles. The predicted octanol–water partition coefficient (Wildman–Crippen LogP) is 3.57. The molecule has 0 heterocycles. The molecule has 0 aromatic heterocycles. The first-order chi connectivity index (χ1) is 6.52. The van der Waals surface area contributed by atoms with Crippen LogP contribution in [0.4, 0.5) is 0 Å². The minimum absolute atomic E-state index is 0.0556. The number of aliphatic carboxylic acids is 1. The highest BCUT2D eigenvalue weighted by Gasteiger charge is 2.14. The van der Waals surface area contributed by atoms with Gasteiger partial charge in [-0.3, -0.25) is 4.79 Å². The minimum atomic E-state index is -0.839. The van der Waals surface area contributed by atoms with Crippen molar-refractivity contribution in [1.82, 2.24) is 0 Å². The maximum absolute atomic E-state index is 10.5. The lowest BCUT2D eigenvalue weighted by atomic mass is 9.98. The van der Waals surface area contributed by atoms with E-state index in [1.165, 1.54) is 0 Å². The molecule has 1 atom stereocenters. The molecule has 0 unspecified atom stereocenters. The van der Waals surface area contributed by atoms with Crippen molar-refractivity contribution in [2.75, 3.05) is 0 Å². The van der Waals surface area contributed by atoms with Crippen molar-refractivity contribution in [3.05, 3.63) is 33.8 Å². The summed E-state index contributed by atoms with van der Waals surface area (Å²) in [6, 6.07) is 5.24. The van der Waals surface area contributed by atoms with E-state index >= 15 is 0 Å². The number of carboxylic acid groups (broad SMARTS) is 1. The summed E-state index contributed by atoms with van der Waals surface area (Å²) >= 11 is 11.8. The van der Waals surface area contributed by atoms with Crippen molar-refractivity contribution in [2.45, 2.75) is 19.3 Å². The van der Waals surface area contributed by atoms with Gasteiger partial charge in [0.05, 0.1) is 16.5 Å². The normalized spacial score (nSPS) is 12.5. The SMILES string of the molecule is C[C@H](CC(=O)O)c1cccc(Cl)c1Cl. The molecule has 1 rings (SSSR count). The Morgan fingerprint density at radius 2 is 2.14 bits per heavy atom. The molecule has 0 saturated heterocycles. The largest absolute Gasteiger partial charge is 0.481 e. The van der Waals surface area contributed by atoms with Gasteiger partial charge in [0.1, 0.15) is 0 Å². The molecule has 1 N–H and O–H groups in total. The van der Waals surface area contributed by atoms with Gasteiger partial charge in [-0.05, 0) is 17.5 Å². The van der Waals surface area contributed by atoms with E-state index in [-0.39, 0.29) is 12.3 Å². The monoisotopic (exact) mass is 232 g/mol. The smallest absolute Gasteiger partial charge is 0.303 e. The average molecular weight is 233 g/mol. The van der Waals surface area contributed by atoms with Crippen LogP contribution in [0.15, 0.2) is 18.2 Å². The standard InChI is InChI=1S/C10H10Cl2O2/c1-6(5-9(13)14)7-3-2-4-8(11)10(7)12/h2-4,6H,5H2,1H3,(H,13,14)/t6-/m1/s1. The zero-order valence-electron chi connectivity index (χ0n) is 7.63. The summed E-state index contributed by atoms with van der Waals surface area (Å²) in [6.45, 7) is 1.81. The highest BCUT2D eigenvalue weighted by molar-refractivity contribution is 6.42. The molecule has 1 aromatic rings. The Bertz CT molecular complexity index is 350. The zero-order valence-corrected chi connectivity index (χ0v) is 9.14. The first kappa shape index (κ1) is 11.3. The third-order valence-electron chi connectivity index (χ3n) is 1.99. The highest BCUT2D eigenvalue weighted by atomic mass is 35.5. The third-order valence-corrected chi connectivity index (χ3v) is 2.83. The van der Waals surface area contributed by atoms with Gasteiger partial charge >= 0.3 is 5.97 Å². The Morgan fingerprint density at radius 1 is 1.50 bits per heavy atom. The van der Waals surface area contributed by atoms with E-state index in [2.05, 4.69) is 0 Å². The van der Waals surface area contributed by atoms with E-state index in [1.807, 2.05) is 6.92 Å². The summed E-state index contributed by atoms with van der Waals surface area (Å²) in [5.41, 5.74) is 0.779. The first-order valence-corrected chi connectivity index (χ1v) is 4.93. The quantitative estimate of drug-likeness (QED) is 0.866. The van der Waals surface area contributed by atoms with E-state index in [0.29, 0.717) is 10.0 Å². The van der Waals surface area contributed by atoms with Gasteiger partial charge in [0.25, 0.3) is 0 Å². The van der Waals surface area contributed by atoms with Crippen LogP contribution in [-0.4, -0.2) is 11.1 Å². The topological polar surface area (TPSA) is 37.3 Å². The number of carboxylic acids is 1. The fraction of sp³-hybridized carbons (Fsp3) is 0.300. The molecule has 0 amide bonds. The maximum Gasteiger partial charge on any atom is 0.303 e. The molecular formula is C10H10Cl2O2. The number of hydrogen-bond donors (Lipinski definition) is 1. The van der Waals surface area contributed by atoms with E-state index in [9.17, 15) is 4.79 Å². The summed E-state index contributed by atoms with van der Waals surface area (Å²) in [5, 5.41) is 9.54. The molecule has 0 saturated carbocycles. The summed E-state index contributed by atoms with van der Waals surface area (Å²) < 4.78 is 0. The van der Waals surface area contributed by atoms with E-state index in [0.717, 1.165) is 5.56 Å². The van der Waals surface area contributed by atoms with Gasteiger partial charge in [-0.25, -0.2) is 0 Å². The Labute approximate surface area is 92.5 Å². The van der Waals surface area contributed by atoms with E-state index in [1.54, 1.807) is 18.2 Å². The van der Waals surface area contributed by atoms with Crippen molar-refractivity contribution in [1.29, 1.82) is 0 Å². The van der Waals surface area contributed by atoms with Crippen LogP contribution in [0.5, 0.6) is 0 Å². The van der Waals surface area contributed by atoms with Gasteiger partial charge in [0.15, 0.2) is 0 Å². The lowest BCUT2D eigenvalue weighted by Gasteiger charge is -2.11. The summed E-state index contributed by atoms with van der Waals surface area (Å²) in [7, 11) is 0. The molecule has 0 fully saturated rings. The van der Waals surface area contributed by atoms with Crippen molar-refractivity contribution >= 4 is 29.2 Å². The van der Waals surface area contributed by atoms with Crippen LogP contribution >= 0.6 is 23.2 Å². The lowest BCUT2D eigenvalue weighted by molar-refractivity contribution is -0.137. The van der Waals surface area contributed by atoms with Crippen molar-refractivity contribution in [3.8, 4) is 0 Å². The average Bonchev–Trinajstić information content (AvgIpc) is 2.08. The van der Waals surface area contributed by atoms with Crippen molar-refractivity contribution < 1.29 is 9.90 Å². The minimum Gasteiger partial charge on any atom is -0.481 e. The molecule has 0 aliphatic rings. The molecule has 14 heavy (non-hydrogen) atoms. The van der Waals surface area contributed by atoms with Crippen LogP contribution in [0.3, 0.4) is 0 Å². The van der Waals surface area contributed by atoms with Crippen LogP contribution in [-0.2, 0) is 4.79 Å². The molecule has 2 nitrogen and oxygen atoms in total.